The van der Waals surface area contributed by atoms with Crippen molar-refractivity contribution in [2.75, 3.05) is 0 Å². The van der Waals surface area contributed by atoms with Gasteiger partial charge in [-0.25, -0.2) is 0 Å². The van der Waals surface area contributed by atoms with Crippen molar-refractivity contribution >= 4 is 26.6 Å². The number of rotatable bonds is 0. The Morgan fingerprint density at radius 2 is 1.60 bits per heavy atom. The number of hydrogen-bond donors (Lipinski definition) is 2. The second kappa shape index (κ2) is 26.0. The molecule has 3 heteroatoms. The molecule has 34 valence electrons. The molecule has 0 aromatic rings. The minimum atomic E-state index is 0. The topological polar surface area (TPSA) is 55.2 Å². The first kappa shape index (κ1) is 18.2. The number of aliphatic hydroxyl groups is 1. The van der Waals surface area contributed by atoms with E-state index in [9.17, 15) is 0 Å². The van der Waals surface area contributed by atoms with Crippen molar-refractivity contribution in [3.63, 3.8) is 0 Å². The zero-order valence-corrected chi connectivity index (χ0v) is 6.83. The molecule has 5 heavy (non-hydrogen) atoms. The molecule has 0 saturated carbocycles. The standard InChI is InChI=1S/C2H4O.H3N.Po.2H/c1-2-3;;;;/h2-3H,1H2;1H3;;;. The molecule has 0 fully saturated rings. The summed E-state index contributed by atoms with van der Waals surface area (Å²) in [5.74, 6) is 0. The molecule has 0 saturated heterocycles. The second-order valence-electron chi connectivity index (χ2n) is 0.183. The van der Waals surface area contributed by atoms with Gasteiger partial charge in [-0.1, -0.05) is 6.58 Å². The van der Waals surface area contributed by atoms with E-state index in [2.05, 4.69) is 6.58 Å². The summed E-state index contributed by atoms with van der Waals surface area (Å²) in [4.78, 5) is 0. The molecule has 2 nitrogen and oxygen atoms in total. The Kier molecular flexibility index (Phi) is 94.5. The van der Waals surface area contributed by atoms with Crippen LogP contribution in [0.25, 0.3) is 0 Å². The zero-order valence-electron chi connectivity index (χ0n) is 2.94. The van der Waals surface area contributed by atoms with Crippen LogP contribution in [0.1, 0.15) is 0 Å². The molecule has 0 rings (SSSR count). The Labute approximate surface area is 50.9 Å². The van der Waals surface area contributed by atoms with Crippen LogP contribution in [-0.4, -0.2) is 31.7 Å². The minimum absolute atomic E-state index is 0. The van der Waals surface area contributed by atoms with Crippen LogP contribution in [0, 0.1) is 0 Å². The molecule has 0 aromatic heterocycles. The van der Waals surface area contributed by atoms with Gasteiger partial charge in [0.15, 0.2) is 0 Å². The monoisotopic (exact) mass is 272 g/mol. The Morgan fingerprint density at radius 1 is 1.60 bits per heavy atom. The van der Waals surface area contributed by atoms with E-state index in [4.69, 9.17) is 5.11 Å². The van der Waals surface area contributed by atoms with E-state index in [0.717, 1.165) is 6.26 Å². The molecule has 0 spiro atoms. The SMILES string of the molecule is C=CO.N.[PoH2]. The van der Waals surface area contributed by atoms with Gasteiger partial charge in [-0.3, -0.25) is 0 Å². The van der Waals surface area contributed by atoms with Crippen molar-refractivity contribution in [1.29, 1.82) is 0 Å². The van der Waals surface area contributed by atoms with E-state index in [1.54, 1.807) is 0 Å². The van der Waals surface area contributed by atoms with Gasteiger partial charge in [-0.05, 0) is 0 Å². The summed E-state index contributed by atoms with van der Waals surface area (Å²) in [5.41, 5.74) is 0. The van der Waals surface area contributed by atoms with Crippen LogP contribution < -0.4 is 6.15 Å². The van der Waals surface area contributed by atoms with Crippen molar-refractivity contribution in [3.05, 3.63) is 12.8 Å². The maximum atomic E-state index is 7.33. The van der Waals surface area contributed by atoms with Crippen LogP contribution in [0.4, 0.5) is 0 Å². The molecule has 0 aromatic carbocycles. The predicted molar refractivity (Wildman–Crippen MR) is 26.4 cm³/mol. The van der Waals surface area contributed by atoms with Gasteiger partial charge in [0.25, 0.3) is 0 Å². The van der Waals surface area contributed by atoms with Crippen molar-refractivity contribution in [3.8, 4) is 0 Å². The molecular formula is C2H9NOPo. The second-order valence-corrected chi connectivity index (χ2v) is 0.183. The Bertz CT molecular complexity index is 17.1. The molecule has 0 aliphatic heterocycles. The van der Waals surface area contributed by atoms with Gasteiger partial charge < -0.3 is 11.3 Å². The summed E-state index contributed by atoms with van der Waals surface area (Å²) in [6.07, 6.45) is 0.750. The van der Waals surface area contributed by atoms with Gasteiger partial charge in [0.1, 0.15) is 0 Å². The molecule has 0 amide bonds. The van der Waals surface area contributed by atoms with Crippen LogP contribution in [0.15, 0.2) is 12.8 Å². The molecule has 4 N–H and O–H groups in total. The van der Waals surface area contributed by atoms with Crippen molar-refractivity contribution in [1.82, 2.24) is 6.15 Å². The predicted octanol–water partition coefficient (Wildman–Crippen LogP) is -0.0663. The average molecular weight is 272 g/mol. The molecule has 0 radical (unpaired) electrons. The van der Waals surface area contributed by atoms with Gasteiger partial charge >= 0.3 is 26.6 Å². The molecule has 0 bridgehead atoms. The van der Waals surface area contributed by atoms with Gasteiger partial charge in [0.2, 0.25) is 0 Å². The van der Waals surface area contributed by atoms with E-state index >= 15 is 0 Å². The van der Waals surface area contributed by atoms with Gasteiger partial charge in [-0.15, -0.1) is 0 Å². The van der Waals surface area contributed by atoms with E-state index in [0.29, 0.717) is 0 Å². The first-order chi connectivity index (χ1) is 1.41. The zero-order chi connectivity index (χ0) is 2.71. The van der Waals surface area contributed by atoms with Gasteiger partial charge in [0, 0.05) is 0 Å². The fourth-order valence-electron chi connectivity index (χ4n) is 0. The average Bonchev–Trinajstić information content (AvgIpc) is 0.918. The van der Waals surface area contributed by atoms with E-state index in [1.807, 2.05) is 0 Å². The van der Waals surface area contributed by atoms with Crippen LogP contribution in [0.2, 0.25) is 0 Å². The summed E-state index contributed by atoms with van der Waals surface area (Å²) in [6, 6.07) is 0. The third kappa shape index (κ3) is 161. The van der Waals surface area contributed by atoms with Crippen LogP contribution in [0.3, 0.4) is 0 Å². The summed E-state index contributed by atoms with van der Waals surface area (Å²) in [6.45, 7) is 2.92. The molecule has 0 heterocycles. The first-order valence-corrected chi connectivity index (χ1v) is 0.666. The van der Waals surface area contributed by atoms with E-state index < -0.39 is 0 Å². The Balaban J connectivity index is -0.0000000200. The van der Waals surface area contributed by atoms with Crippen LogP contribution in [0.5, 0.6) is 0 Å². The summed E-state index contributed by atoms with van der Waals surface area (Å²) in [5, 5.41) is 7.33. The van der Waals surface area contributed by atoms with E-state index in [-0.39, 0.29) is 32.7 Å². The third-order valence-electron chi connectivity index (χ3n) is 0. The Hall–Kier alpha value is 0.396. The molecule has 0 unspecified atom stereocenters. The van der Waals surface area contributed by atoms with Crippen LogP contribution in [-0.2, 0) is 0 Å². The Morgan fingerprint density at radius 3 is 1.60 bits per heavy atom. The van der Waals surface area contributed by atoms with Crippen LogP contribution >= 0.6 is 0 Å². The van der Waals surface area contributed by atoms with Crippen molar-refractivity contribution < 1.29 is 5.11 Å². The van der Waals surface area contributed by atoms with Gasteiger partial charge in [0.05, 0.1) is 6.26 Å². The molecule has 0 aliphatic carbocycles. The third-order valence-corrected chi connectivity index (χ3v) is 0. The first-order valence-electron chi connectivity index (χ1n) is 0.666. The summed E-state index contributed by atoms with van der Waals surface area (Å²) in [7, 11) is 0. The fraction of sp³-hybridized carbons (Fsp3) is 0. The number of hydrogen-bond acceptors (Lipinski definition) is 2. The maximum absolute atomic E-state index is 7.33. The fourth-order valence-corrected chi connectivity index (χ4v) is 0. The molecular weight excluding hydrogens is 263 g/mol. The molecule has 0 aliphatic rings. The normalized spacial score (nSPS) is 2.40. The summed E-state index contributed by atoms with van der Waals surface area (Å²) >= 11 is 0. The summed E-state index contributed by atoms with van der Waals surface area (Å²) < 4.78 is 0. The number of aliphatic hydroxyl groups excluding tert-OH is 1. The quantitative estimate of drug-likeness (QED) is 0.607. The van der Waals surface area contributed by atoms with Crippen molar-refractivity contribution in [2.45, 2.75) is 0 Å². The van der Waals surface area contributed by atoms with Gasteiger partial charge in [-0.2, -0.15) is 0 Å². The van der Waals surface area contributed by atoms with Crippen molar-refractivity contribution in [2.24, 2.45) is 0 Å². The van der Waals surface area contributed by atoms with E-state index in [1.165, 1.54) is 0 Å². The molecule has 0 atom stereocenters.